The van der Waals surface area contributed by atoms with Gasteiger partial charge in [-0.1, -0.05) is 11.6 Å². The Morgan fingerprint density at radius 1 is 1.22 bits per heavy atom. The van der Waals surface area contributed by atoms with Crippen molar-refractivity contribution in [1.29, 1.82) is 0 Å². The van der Waals surface area contributed by atoms with Crippen LogP contribution in [0.15, 0.2) is 47.8 Å². The van der Waals surface area contributed by atoms with Crippen LogP contribution in [0.2, 0.25) is 5.02 Å². The number of pyridine rings is 1. The largest absolute Gasteiger partial charge is 0.609 e. The van der Waals surface area contributed by atoms with Crippen molar-refractivity contribution in [1.82, 2.24) is 20.3 Å². The van der Waals surface area contributed by atoms with Crippen LogP contribution in [-0.4, -0.2) is 51.9 Å². The van der Waals surface area contributed by atoms with E-state index in [0.29, 0.717) is 29.4 Å². The van der Waals surface area contributed by atoms with E-state index in [4.69, 9.17) is 16.3 Å². The van der Waals surface area contributed by atoms with E-state index >= 15 is 0 Å². The van der Waals surface area contributed by atoms with Crippen LogP contribution in [-0.2, 0) is 11.2 Å². The van der Waals surface area contributed by atoms with E-state index in [1.807, 2.05) is 0 Å². The molecule has 0 saturated heterocycles. The van der Waals surface area contributed by atoms with Crippen molar-refractivity contribution in [2.75, 3.05) is 37.1 Å². The number of ether oxygens (including phenoxy) is 1. The molecular weight excluding hydrogens is 459 g/mol. The average molecular weight is 479 g/mol. The Morgan fingerprint density at radius 3 is 2.72 bits per heavy atom. The molecule has 2 aromatic heterocycles. The second-order valence-electron chi connectivity index (χ2n) is 6.37. The van der Waals surface area contributed by atoms with E-state index in [9.17, 15) is 13.7 Å². The SMILES string of the molecule is COc1ncccc1C(=O)NCCNc1cc(Nc2ccc(F)cc2Cl)nc([S+](C)[O-])n1. The number of carbonyl (C=O) groups excluding carboxylic acids is 1. The highest BCUT2D eigenvalue weighted by molar-refractivity contribution is 7.90. The third-order valence-electron chi connectivity index (χ3n) is 4.08. The van der Waals surface area contributed by atoms with Gasteiger partial charge in [0.2, 0.25) is 5.88 Å². The van der Waals surface area contributed by atoms with Crippen LogP contribution in [0.3, 0.4) is 0 Å². The van der Waals surface area contributed by atoms with Crippen molar-refractivity contribution in [3.05, 3.63) is 59.0 Å². The van der Waals surface area contributed by atoms with Gasteiger partial charge in [0.1, 0.15) is 29.3 Å². The first-order valence-electron chi connectivity index (χ1n) is 9.33. The number of methoxy groups -OCH3 is 1. The Kier molecular flexibility index (Phi) is 8.03. The van der Waals surface area contributed by atoms with Gasteiger partial charge in [-0.05, 0) is 30.3 Å². The summed E-state index contributed by atoms with van der Waals surface area (Å²) in [5.41, 5.74) is 0.756. The summed E-state index contributed by atoms with van der Waals surface area (Å²) in [6.45, 7) is 0.607. The number of hydrogen-bond acceptors (Lipinski definition) is 8. The maximum absolute atomic E-state index is 13.3. The number of nitrogens with one attached hydrogen (secondary N) is 3. The number of rotatable bonds is 9. The number of hydrogen-bond donors (Lipinski definition) is 3. The molecule has 168 valence electrons. The van der Waals surface area contributed by atoms with Crippen molar-refractivity contribution in [3.63, 3.8) is 0 Å². The lowest BCUT2D eigenvalue weighted by atomic mass is 10.2. The van der Waals surface area contributed by atoms with Crippen LogP contribution in [0, 0.1) is 5.82 Å². The molecule has 0 aliphatic carbocycles. The minimum atomic E-state index is -1.45. The number of nitrogens with zero attached hydrogens (tertiary/aromatic N) is 3. The standard InChI is InChI=1S/C20H20ClFN6O3S/c1-31-19-13(4-3-7-25-19)18(29)24-9-8-23-16-11-17(28-20(27-16)32(2)30)26-15-6-5-12(22)10-14(15)21/h3-7,10-11H,8-9H2,1-2H3,(H,24,29)(H2,23,26,27,28). The normalized spacial score (nSPS) is 11.5. The lowest BCUT2D eigenvalue weighted by Gasteiger charge is -2.13. The predicted molar refractivity (Wildman–Crippen MR) is 121 cm³/mol. The van der Waals surface area contributed by atoms with Crippen molar-refractivity contribution < 1.29 is 18.5 Å². The Morgan fingerprint density at radius 2 is 2.00 bits per heavy atom. The van der Waals surface area contributed by atoms with Crippen LogP contribution in [0.4, 0.5) is 21.7 Å². The van der Waals surface area contributed by atoms with Crippen molar-refractivity contribution in [3.8, 4) is 5.88 Å². The lowest BCUT2D eigenvalue weighted by Crippen LogP contribution is -2.29. The second kappa shape index (κ2) is 10.9. The Labute approximate surface area is 192 Å². The third-order valence-corrected chi connectivity index (χ3v) is 5.09. The molecule has 3 rings (SSSR count). The molecule has 0 fully saturated rings. The van der Waals surface area contributed by atoms with Crippen LogP contribution in [0.1, 0.15) is 10.4 Å². The molecule has 0 saturated carbocycles. The molecule has 0 spiro atoms. The molecule has 9 nitrogen and oxygen atoms in total. The highest BCUT2D eigenvalue weighted by Crippen LogP contribution is 2.26. The quantitative estimate of drug-likeness (QED) is 0.243. The molecule has 1 atom stereocenters. The zero-order chi connectivity index (χ0) is 23.1. The molecule has 12 heteroatoms. The summed E-state index contributed by atoms with van der Waals surface area (Å²) in [5, 5.41) is 9.03. The summed E-state index contributed by atoms with van der Waals surface area (Å²) in [6, 6.07) is 8.74. The number of benzene rings is 1. The molecule has 32 heavy (non-hydrogen) atoms. The number of aromatic nitrogens is 3. The Hall–Kier alpha value is -3.15. The van der Waals surface area contributed by atoms with E-state index in [1.54, 1.807) is 18.2 Å². The van der Waals surface area contributed by atoms with Gasteiger partial charge in [0.25, 0.3) is 5.91 Å². The highest BCUT2D eigenvalue weighted by atomic mass is 35.5. The van der Waals surface area contributed by atoms with Gasteiger partial charge in [-0.25, -0.2) is 9.37 Å². The van der Waals surface area contributed by atoms with Gasteiger partial charge in [0.15, 0.2) is 0 Å². The van der Waals surface area contributed by atoms with Gasteiger partial charge in [-0.3, -0.25) is 4.79 Å². The number of halogens is 2. The van der Waals surface area contributed by atoms with Crippen LogP contribution < -0.4 is 20.7 Å². The van der Waals surface area contributed by atoms with Gasteiger partial charge in [-0.2, -0.15) is 9.97 Å². The fourth-order valence-electron chi connectivity index (χ4n) is 2.63. The zero-order valence-electron chi connectivity index (χ0n) is 17.2. The monoisotopic (exact) mass is 478 g/mol. The predicted octanol–water partition coefficient (Wildman–Crippen LogP) is 3.00. The summed E-state index contributed by atoms with van der Waals surface area (Å²) in [5.74, 6) is 0.151. The molecule has 1 amide bonds. The number of anilines is 3. The fraction of sp³-hybridized carbons (Fsp3) is 0.200. The molecule has 1 unspecified atom stereocenters. The van der Waals surface area contributed by atoms with Crippen molar-refractivity contribution >= 4 is 46.0 Å². The first-order valence-corrected chi connectivity index (χ1v) is 11.3. The van der Waals surface area contributed by atoms with Crippen molar-refractivity contribution in [2.24, 2.45) is 0 Å². The minimum absolute atomic E-state index is 0.0971. The molecule has 1 aromatic carbocycles. The summed E-state index contributed by atoms with van der Waals surface area (Å²) < 4.78 is 30.3. The molecule has 2 heterocycles. The number of amides is 1. The third kappa shape index (κ3) is 6.19. The molecule has 0 aliphatic heterocycles. The summed E-state index contributed by atoms with van der Waals surface area (Å²) >= 11 is 4.60. The molecule has 0 radical (unpaired) electrons. The van der Waals surface area contributed by atoms with Crippen LogP contribution >= 0.6 is 11.6 Å². The van der Waals surface area contributed by atoms with Crippen LogP contribution in [0.25, 0.3) is 0 Å². The zero-order valence-corrected chi connectivity index (χ0v) is 18.8. The lowest BCUT2D eigenvalue weighted by molar-refractivity contribution is 0.0951. The highest BCUT2D eigenvalue weighted by Gasteiger charge is 2.15. The fourth-order valence-corrected chi connectivity index (χ4v) is 3.29. The Balaban J connectivity index is 1.65. The summed E-state index contributed by atoms with van der Waals surface area (Å²) in [4.78, 5) is 24.7. The first kappa shape index (κ1) is 23.5. The molecule has 0 aliphatic rings. The van der Waals surface area contributed by atoms with Gasteiger partial charge in [0.05, 0.1) is 17.8 Å². The molecule has 3 N–H and O–H groups in total. The van der Waals surface area contributed by atoms with Gasteiger partial charge in [-0.15, -0.1) is 0 Å². The average Bonchev–Trinajstić information content (AvgIpc) is 2.78. The van der Waals surface area contributed by atoms with E-state index in [1.165, 1.54) is 37.8 Å². The van der Waals surface area contributed by atoms with E-state index in [2.05, 4.69) is 30.9 Å². The van der Waals surface area contributed by atoms with Gasteiger partial charge < -0.3 is 25.2 Å². The summed E-state index contributed by atoms with van der Waals surface area (Å²) in [7, 11) is 1.44. The molecule has 3 aromatic rings. The molecular formula is C20H20ClFN6O3S. The maximum atomic E-state index is 13.3. The van der Waals surface area contributed by atoms with E-state index in [-0.39, 0.29) is 28.5 Å². The van der Waals surface area contributed by atoms with Gasteiger partial charge in [0, 0.05) is 36.5 Å². The Bertz CT molecular complexity index is 1100. The van der Waals surface area contributed by atoms with Crippen molar-refractivity contribution in [2.45, 2.75) is 5.16 Å². The smallest absolute Gasteiger partial charge is 0.346 e. The van der Waals surface area contributed by atoms with E-state index < -0.39 is 17.0 Å². The maximum Gasteiger partial charge on any atom is 0.346 e. The van der Waals surface area contributed by atoms with E-state index in [0.717, 1.165) is 0 Å². The van der Waals surface area contributed by atoms with Crippen LogP contribution in [0.5, 0.6) is 5.88 Å². The molecule has 0 bridgehead atoms. The topological polar surface area (TPSA) is 124 Å². The minimum Gasteiger partial charge on any atom is -0.609 e. The summed E-state index contributed by atoms with van der Waals surface area (Å²) in [6.07, 6.45) is 2.99. The first-order chi connectivity index (χ1) is 15.4. The van der Waals surface area contributed by atoms with Gasteiger partial charge >= 0.3 is 5.16 Å². The number of carbonyl (C=O) groups is 1. The second-order valence-corrected chi connectivity index (χ2v) is 8.05.